The predicted octanol–water partition coefficient (Wildman–Crippen LogP) is 1.77. The smallest absolute Gasteiger partial charge is 0.237 e. The van der Waals surface area contributed by atoms with Crippen molar-refractivity contribution in [2.45, 2.75) is 31.4 Å². The second kappa shape index (κ2) is 5.92. The Bertz CT molecular complexity index is 505. The number of nitrogens with one attached hydrogen (secondary N) is 1. The molecule has 106 valence electrons. The Kier molecular flexibility index (Phi) is 4.47. The Balaban J connectivity index is 2.18. The molecule has 5 heteroatoms. The van der Waals surface area contributed by atoms with Gasteiger partial charge in [-0.25, -0.2) is 8.42 Å². The molecule has 0 aromatic heterocycles. The van der Waals surface area contributed by atoms with Gasteiger partial charge in [0.2, 0.25) is 10.0 Å². The average Bonchev–Trinajstić information content (AvgIpc) is 2.47. The van der Waals surface area contributed by atoms with Crippen molar-refractivity contribution in [1.29, 1.82) is 0 Å². The number of nitrogens with zero attached hydrogens (tertiary/aromatic N) is 1. The first-order valence-electron chi connectivity index (χ1n) is 6.83. The summed E-state index contributed by atoms with van der Waals surface area (Å²) in [5.74, 6) is 0. The number of hydrogen-bond acceptors (Lipinski definition) is 3. The van der Waals surface area contributed by atoms with Crippen LogP contribution in [0.3, 0.4) is 0 Å². The summed E-state index contributed by atoms with van der Waals surface area (Å²) in [5, 5.41) is 2.94. The number of sulfonamides is 1. The van der Waals surface area contributed by atoms with Gasteiger partial charge >= 0.3 is 0 Å². The van der Waals surface area contributed by atoms with E-state index in [0.29, 0.717) is 12.8 Å². The van der Waals surface area contributed by atoms with Crippen molar-refractivity contribution in [2.24, 2.45) is 0 Å². The lowest BCUT2D eigenvalue weighted by molar-refractivity contribution is 0.495. The molecule has 2 rings (SSSR count). The van der Waals surface area contributed by atoms with Crippen LogP contribution in [0.1, 0.15) is 25.3 Å². The zero-order chi connectivity index (χ0) is 13.9. The first-order valence-corrected chi connectivity index (χ1v) is 8.33. The first-order chi connectivity index (χ1) is 9.05. The van der Waals surface area contributed by atoms with E-state index in [1.165, 1.54) is 9.87 Å². The summed E-state index contributed by atoms with van der Waals surface area (Å²) in [6, 6.07) is 7.75. The number of rotatable bonds is 4. The molecule has 1 aliphatic rings. The molecule has 1 fully saturated rings. The molecule has 4 nitrogen and oxygen atoms in total. The summed E-state index contributed by atoms with van der Waals surface area (Å²) in [4.78, 5) is 0. The van der Waals surface area contributed by atoms with Gasteiger partial charge in [0.1, 0.15) is 0 Å². The van der Waals surface area contributed by atoms with E-state index in [9.17, 15) is 8.42 Å². The van der Waals surface area contributed by atoms with Crippen LogP contribution in [0.15, 0.2) is 24.3 Å². The molecule has 0 amide bonds. The maximum Gasteiger partial charge on any atom is 0.237 e. The fraction of sp³-hybridized carbons (Fsp3) is 0.571. The normalized spacial score (nSPS) is 17.4. The van der Waals surface area contributed by atoms with Crippen LogP contribution < -0.4 is 9.62 Å². The Labute approximate surface area is 115 Å². The Morgan fingerprint density at radius 1 is 1.21 bits per heavy atom. The summed E-state index contributed by atoms with van der Waals surface area (Å²) in [6.45, 7) is 3.66. The van der Waals surface area contributed by atoms with Crippen LogP contribution >= 0.6 is 0 Å². The maximum atomic E-state index is 12.5. The predicted molar refractivity (Wildman–Crippen MR) is 79.0 cm³/mol. The highest BCUT2D eigenvalue weighted by Gasteiger charge is 2.31. The quantitative estimate of drug-likeness (QED) is 0.915. The van der Waals surface area contributed by atoms with Crippen molar-refractivity contribution >= 4 is 15.7 Å². The fourth-order valence-corrected chi connectivity index (χ4v) is 4.10. The Morgan fingerprint density at radius 2 is 1.79 bits per heavy atom. The molecule has 1 aromatic carbocycles. The molecule has 0 saturated carbocycles. The van der Waals surface area contributed by atoms with Gasteiger partial charge in [0.15, 0.2) is 0 Å². The average molecular weight is 282 g/mol. The molecular weight excluding hydrogens is 260 g/mol. The monoisotopic (exact) mass is 282 g/mol. The largest absolute Gasteiger partial charge is 0.317 e. The van der Waals surface area contributed by atoms with Crippen LogP contribution in [0.2, 0.25) is 0 Å². The van der Waals surface area contributed by atoms with E-state index in [4.69, 9.17) is 0 Å². The van der Waals surface area contributed by atoms with Crippen LogP contribution in [0.4, 0.5) is 5.69 Å². The molecule has 0 atom stereocenters. The number of hydrogen-bond donors (Lipinski definition) is 1. The summed E-state index contributed by atoms with van der Waals surface area (Å²) in [6.07, 6.45) is 2.35. The number of aryl methyl sites for hydroxylation is 1. The number of benzene rings is 1. The van der Waals surface area contributed by atoms with E-state index in [2.05, 4.69) is 12.2 Å². The van der Waals surface area contributed by atoms with E-state index in [1.807, 2.05) is 24.3 Å². The van der Waals surface area contributed by atoms with Crippen molar-refractivity contribution in [3.05, 3.63) is 29.8 Å². The molecule has 1 heterocycles. The summed E-state index contributed by atoms with van der Waals surface area (Å²) >= 11 is 0. The van der Waals surface area contributed by atoms with Crippen LogP contribution in [-0.2, 0) is 16.4 Å². The van der Waals surface area contributed by atoms with E-state index >= 15 is 0 Å². The maximum absolute atomic E-state index is 12.5. The Morgan fingerprint density at radius 3 is 2.32 bits per heavy atom. The topological polar surface area (TPSA) is 49.4 Å². The third kappa shape index (κ3) is 3.09. The molecule has 0 aliphatic carbocycles. The molecule has 1 saturated heterocycles. The van der Waals surface area contributed by atoms with Crippen LogP contribution in [-0.4, -0.2) is 33.8 Å². The minimum Gasteiger partial charge on any atom is -0.317 e. The first kappa shape index (κ1) is 14.3. The molecule has 19 heavy (non-hydrogen) atoms. The van der Waals surface area contributed by atoms with Gasteiger partial charge in [-0.1, -0.05) is 19.1 Å². The van der Waals surface area contributed by atoms with Gasteiger partial charge in [-0.05, 0) is 50.0 Å². The van der Waals surface area contributed by atoms with Crippen LogP contribution in [0.5, 0.6) is 0 Å². The van der Waals surface area contributed by atoms with Crippen molar-refractivity contribution in [3.8, 4) is 0 Å². The lowest BCUT2D eigenvalue weighted by Crippen LogP contribution is -2.42. The highest BCUT2D eigenvalue weighted by atomic mass is 32.2. The van der Waals surface area contributed by atoms with Crippen LogP contribution in [0, 0.1) is 0 Å². The third-order valence-electron chi connectivity index (χ3n) is 3.80. The van der Waals surface area contributed by atoms with Gasteiger partial charge in [0.05, 0.1) is 10.9 Å². The van der Waals surface area contributed by atoms with E-state index in [0.717, 1.165) is 25.2 Å². The standard InChI is InChI=1S/C14H22N2O2S/c1-3-12-4-6-13(7-5-12)16(2)19(17,18)14-8-10-15-11-9-14/h4-7,14-15H,3,8-11H2,1-2H3. The molecule has 0 unspecified atom stereocenters. The van der Waals surface area contributed by atoms with E-state index < -0.39 is 10.0 Å². The van der Waals surface area contributed by atoms with Gasteiger partial charge in [0.25, 0.3) is 0 Å². The number of anilines is 1. The summed E-state index contributed by atoms with van der Waals surface area (Å²) in [7, 11) is -1.59. The molecule has 1 aliphatic heterocycles. The van der Waals surface area contributed by atoms with E-state index in [1.54, 1.807) is 7.05 Å². The minimum atomic E-state index is -3.24. The van der Waals surface area contributed by atoms with Gasteiger partial charge in [-0.3, -0.25) is 4.31 Å². The van der Waals surface area contributed by atoms with Gasteiger partial charge in [-0.2, -0.15) is 0 Å². The highest BCUT2D eigenvalue weighted by Crippen LogP contribution is 2.23. The minimum absolute atomic E-state index is 0.260. The summed E-state index contributed by atoms with van der Waals surface area (Å²) in [5.41, 5.74) is 1.96. The molecule has 1 N–H and O–H groups in total. The van der Waals surface area contributed by atoms with E-state index in [-0.39, 0.29) is 5.25 Å². The molecule has 0 bridgehead atoms. The van der Waals surface area contributed by atoms with Crippen LogP contribution in [0.25, 0.3) is 0 Å². The molecule has 0 radical (unpaired) electrons. The third-order valence-corrected chi connectivity index (χ3v) is 6.09. The zero-order valence-electron chi connectivity index (χ0n) is 11.6. The van der Waals surface area contributed by atoms with Gasteiger partial charge < -0.3 is 5.32 Å². The lowest BCUT2D eigenvalue weighted by Gasteiger charge is -2.28. The second-order valence-corrected chi connectivity index (χ2v) is 7.23. The molecule has 0 spiro atoms. The fourth-order valence-electron chi connectivity index (χ4n) is 2.41. The molecule has 1 aromatic rings. The summed E-state index contributed by atoms with van der Waals surface area (Å²) < 4.78 is 26.5. The zero-order valence-corrected chi connectivity index (χ0v) is 12.4. The van der Waals surface area contributed by atoms with Crippen molar-refractivity contribution < 1.29 is 8.42 Å². The lowest BCUT2D eigenvalue weighted by atomic mass is 10.1. The second-order valence-electron chi connectivity index (χ2n) is 4.98. The highest BCUT2D eigenvalue weighted by molar-refractivity contribution is 7.93. The van der Waals surface area contributed by atoms with Crippen molar-refractivity contribution in [2.75, 3.05) is 24.4 Å². The van der Waals surface area contributed by atoms with Crippen molar-refractivity contribution in [3.63, 3.8) is 0 Å². The SMILES string of the molecule is CCc1ccc(N(C)S(=O)(=O)C2CCNCC2)cc1. The van der Waals surface area contributed by atoms with Gasteiger partial charge in [-0.15, -0.1) is 0 Å². The number of piperidine rings is 1. The Hall–Kier alpha value is -1.07. The molecular formula is C14H22N2O2S. The van der Waals surface area contributed by atoms with Gasteiger partial charge in [0, 0.05) is 7.05 Å². The van der Waals surface area contributed by atoms with Crippen molar-refractivity contribution in [1.82, 2.24) is 5.32 Å².